The van der Waals surface area contributed by atoms with Crippen molar-refractivity contribution in [2.24, 2.45) is 5.92 Å². The lowest BCUT2D eigenvalue weighted by atomic mass is 9.86. The van der Waals surface area contributed by atoms with E-state index in [1.165, 1.54) is 6.07 Å². The number of piperidine rings is 2. The van der Waals surface area contributed by atoms with Crippen molar-refractivity contribution in [1.82, 2.24) is 16.0 Å². The van der Waals surface area contributed by atoms with Crippen molar-refractivity contribution in [3.8, 4) is 0 Å². The SMILES string of the molecule is CC(C)(C)OC(=O)NC1CC(NCCC2CCN(c3ccc(C4CCC(=O)NC4=O)cc3F)CC2)C1. The normalized spacial score (nSPS) is 25.2. The molecule has 3 amide bonds. The molecule has 3 fully saturated rings. The minimum absolute atomic E-state index is 0.178. The van der Waals surface area contributed by atoms with E-state index in [0.717, 1.165) is 51.7 Å². The third-order valence-corrected chi connectivity index (χ3v) is 7.41. The smallest absolute Gasteiger partial charge is 0.407 e. The van der Waals surface area contributed by atoms with Gasteiger partial charge in [0.05, 0.1) is 11.6 Å². The molecule has 3 N–H and O–H groups in total. The molecule has 1 aromatic rings. The van der Waals surface area contributed by atoms with Crippen LogP contribution in [0.1, 0.15) is 77.2 Å². The van der Waals surface area contributed by atoms with E-state index in [0.29, 0.717) is 29.6 Å². The lowest BCUT2D eigenvalue weighted by Gasteiger charge is -2.38. The van der Waals surface area contributed by atoms with Crippen molar-refractivity contribution < 1.29 is 23.5 Å². The second kappa shape index (κ2) is 11.2. The Labute approximate surface area is 212 Å². The molecule has 1 unspecified atom stereocenters. The summed E-state index contributed by atoms with van der Waals surface area (Å²) < 4.78 is 20.2. The van der Waals surface area contributed by atoms with Crippen LogP contribution in [-0.2, 0) is 14.3 Å². The molecule has 2 saturated heterocycles. The topological polar surface area (TPSA) is 99.8 Å². The van der Waals surface area contributed by atoms with Gasteiger partial charge in [0.15, 0.2) is 0 Å². The Morgan fingerprint density at radius 3 is 2.50 bits per heavy atom. The number of ether oxygens (including phenoxy) is 1. The molecule has 9 heteroatoms. The van der Waals surface area contributed by atoms with Gasteiger partial charge in [0.2, 0.25) is 11.8 Å². The average molecular weight is 503 g/mol. The third-order valence-electron chi connectivity index (χ3n) is 7.41. The molecule has 4 rings (SSSR count). The molecule has 0 spiro atoms. The van der Waals surface area contributed by atoms with Crippen molar-refractivity contribution >= 4 is 23.6 Å². The van der Waals surface area contributed by atoms with Crippen LogP contribution in [0.4, 0.5) is 14.9 Å². The highest BCUT2D eigenvalue weighted by molar-refractivity contribution is 6.00. The highest BCUT2D eigenvalue weighted by Gasteiger charge is 2.32. The van der Waals surface area contributed by atoms with Gasteiger partial charge in [-0.1, -0.05) is 6.07 Å². The fraction of sp³-hybridized carbons (Fsp3) is 0.667. The standard InChI is InChI=1S/C27H39FN4O4/c1-27(2,3)36-26(35)30-20-15-19(16-20)29-11-8-17-9-12-32(13-10-17)23-6-4-18(14-22(23)28)21-5-7-24(33)31-25(21)34/h4,6,14,17,19-21,29H,5,7-13,15-16H2,1-3H3,(H,30,35)(H,31,33,34). The van der Waals surface area contributed by atoms with Crippen LogP contribution in [0.2, 0.25) is 0 Å². The number of anilines is 1. The maximum absolute atomic E-state index is 14.9. The molecule has 2 heterocycles. The van der Waals surface area contributed by atoms with Crippen LogP contribution in [0, 0.1) is 11.7 Å². The fourth-order valence-electron chi connectivity index (χ4n) is 5.34. The maximum atomic E-state index is 14.9. The molecule has 1 aliphatic carbocycles. The second-order valence-corrected chi connectivity index (χ2v) is 11.4. The van der Waals surface area contributed by atoms with Crippen LogP contribution in [-0.4, -0.2) is 55.2 Å². The monoisotopic (exact) mass is 502 g/mol. The summed E-state index contributed by atoms with van der Waals surface area (Å²) in [6, 6.07) is 5.65. The minimum atomic E-state index is -0.480. The number of benzene rings is 1. The number of nitrogens with one attached hydrogen (secondary N) is 3. The number of carbonyl (C=O) groups excluding carboxylic acids is 3. The van der Waals surface area contributed by atoms with E-state index in [2.05, 4.69) is 20.9 Å². The molecule has 8 nitrogen and oxygen atoms in total. The Morgan fingerprint density at radius 1 is 1.14 bits per heavy atom. The van der Waals surface area contributed by atoms with Gasteiger partial charge in [-0.25, -0.2) is 9.18 Å². The minimum Gasteiger partial charge on any atom is -0.444 e. The van der Waals surface area contributed by atoms with E-state index < -0.39 is 11.5 Å². The summed E-state index contributed by atoms with van der Waals surface area (Å²) in [7, 11) is 0. The summed E-state index contributed by atoms with van der Waals surface area (Å²) in [5.41, 5.74) is 0.730. The number of imide groups is 1. The number of rotatable bonds is 7. The van der Waals surface area contributed by atoms with Crippen LogP contribution in [0.3, 0.4) is 0 Å². The predicted octanol–water partition coefficient (Wildman–Crippen LogP) is 3.60. The molecule has 0 bridgehead atoms. The van der Waals surface area contributed by atoms with Gasteiger partial charge in [0, 0.05) is 31.6 Å². The number of nitrogens with zero attached hydrogens (tertiary/aromatic N) is 1. The van der Waals surface area contributed by atoms with E-state index in [4.69, 9.17) is 4.74 Å². The van der Waals surface area contributed by atoms with Gasteiger partial charge in [0.1, 0.15) is 11.4 Å². The highest BCUT2D eigenvalue weighted by atomic mass is 19.1. The Hall–Kier alpha value is -2.68. The maximum Gasteiger partial charge on any atom is 0.407 e. The van der Waals surface area contributed by atoms with E-state index in [9.17, 15) is 18.8 Å². The molecule has 198 valence electrons. The van der Waals surface area contributed by atoms with Crippen molar-refractivity contribution in [2.45, 2.75) is 89.3 Å². The van der Waals surface area contributed by atoms with Crippen LogP contribution >= 0.6 is 0 Å². The second-order valence-electron chi connectivity index (χ2n) is 11.4. The molecule has 1 saturated carbocycles. The molecule has 1 aromatic carbocycles. The van der Waals surface area contributed by atoms with Gasteiger partial charge < -0.3 is 20.3 Å². The lowest BCUT2D eigenvalue weighted by Crippen LogP contribution is -2.53. The molecular weight excluding hydrogens is 463 g/mol. The first-order chi connectivity index (χ1) is 17.1. The number of carbonyl (C=O) groups is 3. The number of alkyl carbamates (subject to hydrolysis) is 1. The first-order valence-electron chi connectivity index (χ1n) is 13.2. The van der Waals surface area contributed by atoms with Crippen molar-refractivity contribution in [3.63, 3.8) is 0 Å². The number of hydrogen-bond acceptors (Lipinski definition) is 6. The first kappa shape index (κ1) is 26.4. The van der Waals surface area contributed by atoms with E-state index in [1.807, 2.05) is 26.8 Å². The summed E-state index contributed by atoms with van der Waals surface area (Å²) >= 11 is 0. The van der Waals surface area contributed by atoms with E-state index in [-0.39, 0.29) is 36.2 Å². The van der Waals surface area contributed by atoms with Crippen LogP contribution < -0.4 is 20.9 Å². The van der Waals surface area contributed by atoms with Gasteiger partial charge >= 0.3 is 6.09 Å². The van der Waals surface area contributed by atoms with E-state index >= 15 is 0 Å². The molecule has 2 aliphatic heterocycles. The highest BCUT2D eigenvalue weighted by Crippen LogP contribution is 2.31. The quantitative estimate of drug-likeness (QED) is 0.493. The zero-order valence-corrected chi connectivity index (χ0v) is 21.6. The molecule has 1 atom stereocenters. The van der Waals surface area contributed by atoms with Gasteiger partial charge in [-0.05, 0) is 89.5 Å². The molecule has 0 aromatic heterocycles. The Kier molecular flexibility index (Phi) is 8.17. The lowest BCUT2D eigenvalue weighted by molar-refractivity contribution is -0.134. The Bertz CT molecular complexity index is 965. The third kappa shape index (κ3) is 6.96. The van der Waals surface area contributed by atoms with Crippen LogP contribution in [0.5, 0.6) is 0 Å². The predicted molar refractivity (Wildman–Crippen MR) is 135 cm³/mol. The summed E-state index contributed by atoms with van der Waals surface area (Å²) in [5, 5.41) is 8.86. The van der Waals surface area contributed by atoms with Gasteiger partial charge in [0.25, 0.3) is 0 Å². The van der Waals surface area contributed by atoms with Crippen LogP contribution in [0.15, 0.2) is 18.2 Å². The summed E-state index contributed by atoms with van der Waals surface area (Å²) in [6.07, 6.45) is 5.33. The molecule has 36 heavy (non-hydrogen) atoms. The number of amides is 3. The van der Waals surface area contributed by atoms with Crippen molar-refractivity contribution in [1.29, 1.82) is 0 Å². The van der Waals surface area contributed by atoms with Crippen molar-refractivity contribution in [3.05, 3.63) is 29.6 Å². The fourth-order valence-corrected chi connectivity index (χ4v) is 5.34. The largest absolute Gasteiger partial charge is 0.444 e. The number of hydrogen-bond donors (Lipinski definition) is 3. The summed E-state index contributed by atoms with van der Waals surface area (Å²) in [5.74, 6) is -0.779. The summed E-state index contributed by atoms with van der Waals surface area (Å²) in [6.45, 7) is 8.15. The van der Waals surface area contributed by atoms with Gasteiger partial charge in [-0.15, -0.1) is 0 Å². The number of halogens is 1. The summed E-state index contributed by atoms with van der Waals surface area (Å²) in [4.78, 5) is 37.4. The molecular formula is C27H39FN4O4. The average Bonchev–Trinajstić information content (AvgIpc) is 2.76. The zero-order chi connectivity index (χ0) is 25.9. The molecule has 3 aliphatic rings. The van der Waals surface area contributed by atoms with E-state index in [1.54, 1.807) is 6.07 Å². The Balaban J connectivity index is 1.14. The van der Waals surface area contributed by atoms with Gasteiger partial charge in [-0.2, -0.15) is 0 Å². The Morgan fingerprint density at radius 2 is 1.86 bits per heavy atom. The zero-order valence-electron chi connectivity index (χ0n) is 21.6. The first-order valence-corrected chi connectivity index (χ1v) is 13.2. The van der Waals surface area contributed by atoms with Gasteiger partial charge in [-0.3, -0.25) is 14.9 Å². The van der Waals surface area contributed by atoms with Crippen molar-refractivity contribution in [2.75, 3.05) is 24.5 Å². The molecule has 0 radical (unpaired) electrons. The van der Waals surface area contributed by atoms with Crippen LogP contribution in [0.25, 0.3) is 0 Å².